The summed E-state index contributed by atoms with van der Waals surface area (Å²) in [5, 5.41) is 11.4. The first kappa shape index (κ1) is 13.2. The smallest absolute Gasteiger partial charge is 0.328 e. The Labute approximate surface area is 110 Å². The molecule has 0 spiro atoms. The molecule has 0 heterocycles. The van der Waals surface area contributed by atoms with Gasteiger partial charge < -0.3 is 11.1 Å². The molecule has 1 aliphatic rings. The monoisotopic (exact) mass is 280 g/mol. The zero-order chi connectivity index (χ0) is 14.0. The van der Waals surface area contributed by atoms with E-state index in [9.17, 15) is 13.2 Å². The number of anilines is 1. The Balaban J connectivity index is 2.23. The van der Waals surface area contributed by atoms with Crippen molar-refractivity contribution >= 4 is 21.7 Å². The molecule has 19 heavy (non-hydrogen) atoms. The molecule has 2 rings (SSSR count). The van der Waals surface area contributed by atoms with Crippen LogP contribution in [-0.4, -0.2) is 20.5 Å². The highest BCUT2D eigenvalue weighted by molar-refractivity contribution is 7.90. The van der Waals surface area contributed by atoms with Crippen LogP contribution in [0.3, 0.4) is 0 Å². The third-order valence-electron chi connectivity index (χ3n) is 2.55. The number of hydrogen-bond donors (Lipinski definition) is 3. The van der Waals surface area contributed by atoms with Crippen molar-refractivity contribution in [2.45, 2.75) is 23.8 Å². The minimum Gasteiger partial charge on any atom is -0.399 e. The van der Waals surface area contributed by atoms with Crippen molar-refractivity contribution in [1.82, 2.24) is 10.0 Å². The predicted octanol–water partition coefficient (Wildman–Crippen LogP) is 0.291. The Morgan fingerprint density at radius 3 is 2.68 bits per heavy atom. The van der Waals surface area contributed by atoms with Gasteiger partial charge in [0.2, 0.25) is 0 Å². The van der Waals surface area contributed by atoms with Gasteiger partial charge in [0.15, 0.2) is 0 Å². The molecule has 100 valence electrons. The van der Waals surface area contributed by atoms with E-state index in [-0.39, 0.29) is 22.2 Å². The second-order valence-corrected chi connectivity index (χ2v) is 5.87. The number of benzene rings is 1. The molecule has 1 aromatic rings. The molecule has 4 N–H and O–H groups in total. The van der Waals surface area contributed by atoms with E-state index in [0.717, 1.165) is 12.8 Å². The van der Waals surface area contributed by atoms with E-state index in [1.807, 2.05) is 4.72 Å². The maximum Gasteiger partial charge on any atom is 0.328 e. The van der Waals surface area contributed by atoms with Crippen LogP contribution in [0.25, 0.3) is 0 Å². The predicted molar refractivity (Wildman–Crippen MR) is 67.4 cm³/mol. The maximum atomic E-state index is 12.0. The van der Waals surface area contributed by atoms with Crippen molar-refractivity contribution in [3.63, 3.8) is 0 Å². The molecule has 8 heteroatoms. The summed E-state index contributed by atoms with van der Waals surface area (Å²) >= 11 is 0. The van der Waals surface area contributed by atoms with Gasteiger partial charge in [0.05, 0.1) is 5.56 Å². The van der Waals surface area contributed by atoms with Crippen molar-refractivity contribution in [1.29, 1.82) is 5.26 Å². The normalized spacial score (nSPS) is 14.5. The van der Waals surface area contributed by atoms with Crippen molar-refractivity contribution in [2.24, 2.45) is 0 Å². The van der Waals surface area contributed by atoms with Crippen LogP contribution in [-0.2, 0) is 10.0 Å². The second-order valence-electron chi connectivity index (χ2n) is 4.22. The topological polar surface area (TPSA) is 125 Å². The van der Waals surface area contributed by atoms with Crippen LogP contribution < -0.4 is 15.8 Å². The maximum absolute atomic E-state index is 12.0. The first-order chi connectivity index (χ1) is 8.92. The summed E-state index contributed by atoms with van der Waals surface area (Å²) < 4.78 is 25.8. The summed E-state index contributed by atoms with van der Waals surface area (Å²) in [5.74, 6) is 0. The molecule has 0 unspecified atom stereocenters. The number of urea groups is 1. The summed E-state index contributed by atoms with van der Waals surface area (Å²) in [5.41, 5.74) is 5.65. The minimum atomic E-state index is -4.08. The zero-order valence-corrected chi connectivity index (χ0v) is 10.7. The largest absolute Gasteiger partial charge is 0.399 e. The fraction of sp³-hybridized carbons (Fsp3) is 0.273. The average molecular weight is 280 g/mol. The molecule has 0 atom stereocenters. The van der Waals surface area contributed by atoms with Crippen LogP contribution in [0.4, 0.5) is 10.5 Å². The summed E-state index contributed by atoms with van der Waals surface area (Å²) in [6.07, 6.45) is 1.69. The van der Waals surface area contributed by atoms with Crippen LogP contribution in [0.5, 0.6) is 0 Å². The van der Waals surface area contributed by atoms with Gasteiger partial charge in [-0.05, 0) is 31.0 Å². The molecule has 1 aromatic carbocycles. The Kier molecular flexibility index (Phi) is 3.31. The zero-order valence-electron chi connectivity index (χ0n) is 9.88. The Bertz CT molecular complexity index is 659. The lowest BCUT2D eigenvalue weighted by molar-refractivity contribution is 0.245. The van der Waals surface area contributed by atoms with E-state index < -0.39 is 16.1 Å². The SMILES string of the molecule is N#Cc1cc(N)ccc1S(=O)(=O)NC(=O)NC1CC1. The standard InChI is InChI=1S/C11H12N4O3S/c12-6-7-5-8(13)1-4-10(7)19(17,18)15-11(16)14-9-2-3-9/h1,4-5,9H,2-3,13H2,(H2,14,15,16). The summed E-state index contributed by atoms with van der Waals surface area (Å²) in [7, 11) is -4.08. The molecule has 2 amide bonds. The number of hydrogen-bond acceptors (Lipinski definition) is 5. The van der Waals surface area contributed by atoms with Gasteiger partial charge in [0, 0.05) is 11.7 Å². The lowest BCUT2D eigenvalue weighted by Gasteiger charge is -2.09. The third kappa shape index (κ3) is 3.14. The minimum absolute atomic E-state index is 0.0389. The highest BCUT2D eigenvalue weighted by atomic mass is 32.2. The Hall–Kier alpha value is -2.27. The van der Waals surface area contributed by atoms with Gasteiger partial charge in [-0.15, -0.1) is 0 Å². The molecule has 0 saturated heterocycles. The van der Waals surface area contributed by atoms with Crippen LogP contribution in [0.2, 0.25) is 0 Å². The highest BCUT2D eigenvalue weighted by Gasteiger charge is 2.27. The third-order valence-corrected chi connectivity index (χ3v) is 3.94. The van der Waals surface area contributed by atoms with Gasteiger partial charge in [-0.3, -0.25) is 0 Å². The van der Waals surface area contributed by atoms with Gasteiger partial charge in [-0.25, -0.2) is 17.9 Å². The number of nitriles is 1. The van der Waals surface area contributed by atoms with Crippen LogP contribution in [0.1, 0.15) is 18.4 Å². The van der Waals surface area contributed by atoms with Crippen molar-refractivity contribution in [2.75, 3.05) is 5.73 Å². The number of nitrogens with two attached hydrogens (primary N) is 1. The van der Waals surface area contributed by atoms with Gasteiger partial charge in [-0.2, -0.15) is 5.26 Å². The van der Waals surface area contributed by atoms with E-state index in [0.29, 0.717) is 0 Å². The lowest BCUT2D eigenvalue weighted by Crippen LogP contribution is -2.40. The molecule has 1 saturated carbocycles. The number of carbonyl (C=O) groups is 1. The number of amides is 2. The number of nitrogens with zero attached hydrogens (tertiary/aromatic N) is 1. The highest BCUT2D eigenvalue weighted by Crippen LogP contribution is 2.20. The number of nitrogens with one attached hydrogen (secondary N) is 2. The first-order valence-electron chi connectivity index (χ1n) is 5.55. The van der Waals surface area contributed by atoms with Crippen LogP contribution in [0, 0.1) is 11.3 Å². The molecule has 1 aliphatic carbocycles. The molecular weight excluding hydrogens is 268 g/mol. The first-order valence-corrected chi connectivity index (χ1v) is 7.03. The van der Waals surface area contributed by atoms with Gasteiger partial charge >= 0.3 is 6.03 Å². The molecule has 0 radical (unpaired) electrons. The van der Waals surface area contributed by atoms with Crippen molar-refractivity contribution < 1.29 is 13.2 Å². The van der Waals surface area contributed by atoms with Crippen LogP contribution >= 0.6 is 0 Å². The molecule has 0 bridgehead atoms. The van der Waals surface area contributed by atoms with Crippen molar-refractivity contribution in [3.8, 4) is 6.07 Å². The molecule has 0 aromatic heterocycles. The Morgan fingerprint density at radius 2 is 2.11 bits per heavy atom. The molecule has 7 nitrogen and oxygen atoms in total. The average Bonchev–Trinajstić information content (AvgIpc) is 3.11. The van der Waals surface area contributed by atoms with E-state index in [4.69, 9.17) is 11.0 Å². The number of rotatable bonds is 3. The summed E-state index contributed by atoms with van der Waals surface area (Å²) in [6, 6.07) is 4.78. The molecule has 0 aliphatic heterocycles. The Morgan fingerprint density at radius 1 is 1.42 bits per heavy atom. The van der Waals surface area contributed by atoms with E-state index >= 15 is 0 Å². The summed E-state index contributed by atoms with van der Waals surface area (Å²) in [4.78, 5) is 11.2. The number of carbonyl (C=O) groups excluding carboxylic acids is 1. The molecular formula is C11H12N4O3S. The van der Waals surface area contributed by atoms with E-state index in [2.05, 4.69) is 5.32 Å². The van der Waals surface area contributed by atoms with Crippen molar-refractivity contribution in [3.05, 3.63) is 23.8 Å². The number of nitrogen functional groups attached to an aromatic ring is 1. The number of sulfonamides is 1. The van der Waals surface area contributed by atoms with E-state index in [1.54, 1.807) is 6.07 Å². The van der Waals surface area contributed by atoms with Gasteiger partial charge in [-0.1, -0.05) is 0 Å². The summed E-state index contributed by atoms with van der Waals surface area (Å²) in [6.45, 7) is 0. The van der Waals surface area contributed by atoms with Gasteiger partial charge in [0.1, 0.15) is 11.0 Å². The quantitative estimate of drug-likeness (QED) is 0.686. The lowest BCUT2D eigenvalue weighted by atomic mass is 10.2. The fourth-order valence-corrected chi connectivity index (χ4v) is 2.54. The van der Waals surface area contributed by atoms with Crippen LogP contribution in [0.15, 0.2) is 23.1 Å². The fourth-order valence-electron chi connectivity index (χ4n) is 1.49. The molecule has 1 fully saturated rings. The van der Waals surface area contributed by atoms with Gasteiger partial charge in [0.25, 0.3) is 10.0 Å². The second kappa shape index (κ2) is 4.78. The van der Waals surface area contributed by atoms with E-state index in [1.165, 1.54) is 18.2 Å².